The van der Waals surface area contributed by atoms with Gasteiger partial charge in [-0.15, -0.1) is 0 Å². The van der Waals surface area contributed by atoms with Crippen LogP contribution in [0.25, 0.3) is 0 Å². The highest BCUT2D eigenvalue weighted by atomic mass is 31.2. The minimum Gasteiger partial charge on any atom is -0.400 e. The van der Waals surface area contributed by atoms with Crippen LogP contribution in [0.5, 0.6) is 0 Å². The molecule has 0 aliphatic carbocycles. The van der Waals surface area contributed by atoms with E-state index >= 15 is 0 Å². The lowest BCUT2D eigenvalue weighted by atomic mass is 9.78. The van der Waals surface area contributed by atoms with Gasteiger partial charge in [0.05, 0.1) is 19.3 Å². The third-order valence-electron chi connectivity index (χ3n) is 5.11. The van der Waals surface area contributed by atoms with Gasteiger partial charge in [-0.2, -0.15) is 0 Å². The summed E-state index contributed by atoms with van der Waals surface area (Å²) in [6.45, 7) is 13.5. The number of hydrogen-bond acceptors (Lipinski definition) is 6. The third-order valence-corrected chi connectivity index (χ3v) is 6.58. The molecule has 1 heterocycles. The molecular formula is C19H41O6P. The molecule has 1 aliphatic rings. The van der Waals surface area contributed by atoms with Gasteiger partial charge in [-0.05, 0) is 31.1 Å². The Kier molecular flexibility index (Phi) is 14.1. The van der Waals surface area contributed by atoms with Crippen LogP contribution in [0.1, 0.15) is 73.6 Å². The van der Waals surface area contributed by atoms with E-state index in [-0.39, 0.29) is 12.0 Å². The molecule has 1 aliphatic heterocycles. The molecule has 1 fully saturated rings. The Labute approximate surface area is 160 Å². The van der Waals surface area contributed by atoms with E-state index in [2.05, 4.69) is 41.5 Å². The topological polar surface area (TPSA) is 74.2 Å². The molecule has 0 aromatic heterocycles. The summed E-state index contributed by atoms with van der Waals surface area (Å²) in [6.07, 6.45) is 4.08. The standard InChI is InChI=1S/C18H37O5P.CH4O/c1-7-10-12-20-24(19,21-13-11-8-2)23-18-16(6)14(4)15(5)17(9-3)22-18;1-2/h14-18H,7-13H2,1-6H3;2H,1H3/t14-,15-,16?,17?,18-;/m0./s1. The summed E-state index contributed by atoms with van der Waals surface area (Å²) in [5, 5.41) is 7.00. The van der Waals surface area contributed by atoms with Crippen LogP contribution in [0.2, 0.25) is 0 Å². The van der Waals surface area contributed by atoms with Crippen LogP contribution in [0.4, 0.5) is 0 Å². The Balaban J connectivity index is 0.00000301. The summed E-state index contributed by atoms with van der Waals surface area (Å²) in [4.78, 5) is 0. The second-order valence-corrected chi connectivity index (χ2v) is 8.58. The molecule has 0 aromatic rings. The normalized spacial score (nSPS) is 29.2. The van der Waals surface area contributed by atoms with Gasteiger partial charge in [-0.1, -0.05) is 54.4 Å². The number of hydrogen-bond donors (Lipinski definition) is 1. The van der Waals surface area contributed by atoms with E-state index in [1.807, 2.05) is 0 Å². The zero-order chi connectivity index (χ0) is 20.2. The van der Waals surface area contributed by atoms with Crippen LogP contribution >= 0.6 is 7.82 Å². The second kappa shape index (κ2) is 14.1. The van der Waals surface area contributed by atoms with Crippen molar-refractivity contribution in [3.8, 4) is 0 Å². The van der Waals surface area contributed by atoms with Gasteiger partial charge < -0.3 is 9.84 Å². The second-order valence-electron chi connectivity index (χ2n) is 6.95. The summed E-state index contributed by atoms with van der Waals surface area (Å²) in [5.74, 6) is 1.01. The molecule has 0 radical (unpaired) electrons. The molecule has 6 nitrogen and oxygen atoms in total. The number of aliphatic hydroxyl groups is 1. The largest absolute Gasteiger partial charge is 0.477 e. The Bertz CT molecular complexity index is 376. The minimum atomic E-state index is -3.59. The molecule has 1 N–H and O–H groups in total. The van der Waals surface area contributed by atoms with Crippen molar-refractivity contribution >= 4 is 7.82 Å². The van der Waals surface area contributed by atoms with Crippen molar-refractivity contribution < 1.29 is 28.0 Å². The number of rotatable bonds is 11. The Hall–Kier alpha value is 0.0300. The van der Waals surface area contributed by atoms with Crippen LogP contribution in [-0.2, 0) is 22.9 Å². The van der Waals surface area contributed by atoms with Crippen molar-refractivity contribution in [2.45, 2.75) is 86.0 Å². The molecule has 7 heteroatoms. The van der Waals surface area contributed by atoms with Gasteiger partial charge in [-0.25, -0.2) is 4.57 Å². The fourth-order valence-corrected chi connectivity index (χ4v) is 4.34. The lowest BCUT2D eigenvalue weighted by Gasteiger charge is -2.43. The van der Waals surface area contributed by atoms with E-state index in [0.717, 1.165) is 39.2 Å². The van der Waals surface area contributed by atoms with Crippen LogP contribution in [0.15, 0.2) is 0 Å². The molecule has 2 unspecified atom stereocenters. The molecule has 5 atom stereocenters. The van der Waals surface area contributed by atoms with Gasteiger partial charge in [0.1, 0.15) is 0 Å². The SMILES string of the molecule is CCCCOP(=O)(OCCCC)O[C@@H]1OC(CC)[C@@H](C)[C@H](C)C1C.CO. The highest BCUT2D eigenvalue weighted by molar-refractivity contribution is 7.48. The van der Waals surface area contributed by atoms with E-state index in [9.17, 15) is 4.57 Å². The van der Waals surface area contributed by atoms with Crippen molar-refractivity contribution in [2.75, 3.05) is 20.3 Å². The van der Waals surface area contributed by atoms with Gasteiger partial charge in [0, 0.05) is 13.0 Å². The average Bonchev–Trinajstić information content (AvgIpc) is 2.64. The van der Waals surface area contributed by atoms with E-state index in [1.54, 1.807) is 0 Å². The van der Waals surface area contributed by atoms with Crippen molar-refractivity contribution in [1.82, 2.24) is 0 Å². The van der Waals surface area contributed by atoms with Crippen molar-refractivity contribution in [2.24, 2.45) is 17.8 Å². The Morgan fingerprint density at radius 2 is 1.38 bits per heavy atom. The van der Waals surface area contributed by atoms with Crippen LogP contribution in [0.3, 0.4) is 0 Å². The number of aliphatic hydroxyl groups excluding tert-OH is 1. The first-order chi connectivity index (χ1) is 12.4. The van der Waals surface area contributed by atoms with E-state index in [4.69, 9.17) is 23.4 Å². The highest BCUT2D eigenvalue weighted by Crippen LogP contribution is 2.53. The first kappa shape index (κ1) is 26.0. The highest BCUT2D eigenvalue weighted by Gasteiger charge is 2.43. The van der Waals surface area contributed by atoms with E-state index in [0.29, 0.717) is 25.0 Å². The van der Waals surface area contributed by atoms with Gasteiger partial charge in [0.15, 0.2) is 6.29 Å². The molecule has 158 valence electrons. The smallest absolute Gasteiger partial charge is 0.400 e. The fourth-order valence-electron chi connectivity index (χ4n) is 2.94. The first-order valence-electron chi connectivity index (χ1n) is 10.1. The van der Waals surface area contributed by atoms with Crippen molar-refractivity contribution in [3.63, 3.8) is 0 Å². The molecule has 0 aromatic carbocycles. The first-order valence-corrected chi connectivity index (χ1v) is 11.5. The predicted octanol–water partition coefficient (Wildman–Crippen LogP) is 5.40. The molecule has 0 spiro atoms. The molecule has 1 saturated heterocycles. The third kappa shape index (κ3) is 8.37. The maximum absolute atomic E-state index is 13.0. The summed E-state index contributed by atoms with van der Waals surface area (Å²) >= 11 is 0. The van der Waals surface area contributed by atoms with E-state index < -0.39 is 14.1 Å². The number of phosphoric ester groups is 1. The Morgan fingerprint density at radius 3 is 1.81 bits per heavy atom. The number of unbranched alkanes of at least 4 members (excludes halogenated alkanes) is 2. The monoisotopic (exact) mass is 396 g/mol. The number of phosphoric acid groups is 1. The van der Waals surface area contributed by atoms with Crippen LogP contribution < -0.4 is 0 Å². The maximum Gasteiger partial charge on any atom is 0.477 e. The van der Waals surface area contributed by atoms with Crippen molar-refractivity contribution in [3.05, 3.63) is 0 Å². The number of ether oxygens (including phenoxy) is 1. The summed E-state index contributed by atoms with van der Waals surface area (Å²) in [6, 6.07) is 0. The van der Waals surface area contributed by atoms with Gasteiger partial charge >= 0.3 is 7.82 Å². The molecular weight excluding hydrogens is 355 g/mol. The van der Waals surface area contributed by atoms with E-state index in [1.165, 1.54) is 0 Å². The zero-order valence-corrected chi connectivity index (χ0v) is 18.7. The minimum absolute atomic E-state index is 0.112. The zero-order valence-electron chi connectivity index (χ0n) is 17.8. The summed E-state index contributed by atoms with van der Waals surface area (Å²) < 4.78 is 36.0. The Morgan fingerprint density at radius 1 is 0.885 bits per heavy atom. The lowest BCUT2D eigenvalue weighted by Crippen LogP contribution is -2.45. The average molecular weight is 397 g/mol. The van der Waals surface area contributed by atoms with Gasteiger partial charge in [0.25, 0.3) is 0 Å². The predicted molar refractivity (Wildman–Crippen MR) is 105 cm³/mol. The summed E-state index contributed by atoms with van der Waals surface area (Å²) in [7, 11) is -2.59. The van der Waals surface area contributed by atoms with Gasteiger partial charge in [-0.3, -0.25) is 13.6 Å². The molecule has 26 heavy (non-hydrogen) atoms. The molecule has 0 saturated carbocycles. The van der Waals surface area contributed by atoms with Crippen LogP contribution in [-0.4, -0.2) is 37.8 Å². The molecule has 1 rings (SSSR count). The van der Waals surface area contributed by atoms with Crippen molar-refractivity contribution in [1.29, 1.82) is 0 Å². The molecule has 0 amide bonds. The molecule has 0 bridgehead atoms. The maximum atomic E-state index is 13.0. The summed E-state index contributed by atoms with van der Waals surface area (Å²) in [5.41, 5.74) is 0. The lowest BCUT2D eigenvalue weighted by molar-refractivity contribution is -0.219. The van der Waals surface area contributed by atoms with Gasteiger partial charge in [0.2, 0.25) is 0 Å². The quantitative estimate of drug-likeness (QED) is 0.372. The van der Waals surface area contributed by atoms with Crippen LogP contribution in [0, 0.1) is 17.8 Å². The fraction of sp³-hybridized carbons (Fsp3) is 1.00.